The number of nitrogens with zero attached hydrogens (tertiary/aromatic N) is 1. The van der Waals surface area contributed by atoms with E-state index in [-0.39, 0.29) is 0 Å². The minimum absolute atomic E-state index is 0.468. The van der Waals surface area contributed by atoms with Crippen LogP contribution in [0.1, 0.15) is 33.0 Å². The quantitative estimate of drug-likeness (QED) is 0.567. The summed E-state index contributed by atoms with van der Waals surface area (Å²) < 4.78 is 16.6. The molecule has 2 heterocycles. The summed E-state index contributed by atoms with van der Waals surface area (Å²) in [6.45, 7) is 9.97. The molecule has 23 heavy (non-hydrogen) atoms. The lowest BCUT2D eigenvalue weighted by molar-refractivity contribution is -0.145. The van der Waals surface area contributed by atoms with Gasteiger partial charge in [-0.2, -0.15) is 0 Å². The Morgan fingerprint density at radius 2 is 2.00 bits per heavy atom. The minimum atomic E-state index is -0.468. The zero-order valence-corrected chi connectivity index (χ0v) is 14.4. The van der Waals surface area contributed by atoms with Crippen LogP contribution < -0.4 is 10.6 Å². The average molecular weight is 323 g/mol. The van der Waals surface area contributed by atoms with Crippen molar-refractivity contribution in [3.05, 3.63) is 24.2 Å². The van der Waals surface area contributed by atoms with Crippen LogP contribution in [-0.2, 0) is 15.9 Å². The van der Waals surface area contributed by atoms with Crippen LogP contribution in [0.25, 0.3) is 0 Å². The van der Waals surface area contributed by atoms with Crippen LogP contribution in [0.15, 0.2) is 27.8 Å². The van der Waals surface area contributed by atoms with Crippen LogP contribution >= 0.6 is 0 Å². The molecule has 1 aliphatic rings. The Balaban J connectivity index is 1.75. The van der Waals surface area contributed by atoms with Crippen molar-refractivity contribution in [3.63, 3.8) is 0 Å². The first-order chi connectivity index (χ1) is 11.1. The van der Waals surface area contributed by atoms with E-state index in [4.69, 9.17) is 13.9 Å². The third-order valence-corrected chi connectivity index (χ3v) is 3.63. The number of ether oxygens (including phenoxy) is 2. The van der Waals surface area contributed by atoms with E-state index >= 15 is 0 Å². The lowest BCUT2D eigenvalue weighted by Crippen LogP contribution is -2.41. The summed E-state index contributed by atoms with van der Waals surface area (Å²) in [5, 5.41) is 6.70. The van der Waals surface area contributed by atoms with Gasteiger partial charge in [0.1, 0.15) is 5.76 Å². The SMILES string of the molecule is CC(C)CN=C(NCCc1ccco1)NCCC1(C)OCCO1. The first-order valence-electron chi connectivity index (χ1n) is 8.40. The summed E-state index contributed by atoms with van der Waals surface area (Å²) in [5.74, 6) is 1.86. The van der Waals surface area contributed by atoms with E-state index in [9.17, 15) is 0 Å². The van der Waals surface area contributed by atoms with Gasteiger partial charge < -0.3 is 24.5 Å². The van der Waals surface area contributed by atoms with Crippen molar-refractivity contribution in [1.29, 1.82) is 0 Å². The van der Waals surface area contributed by atoms with Crippen molar-refractivity contribution in [2.75, 3.05) is 32.8 Å². The van der Waals surface area contributed by atoms with Crippen LogP contribution in [-0.4, -0.2) is 44.6 Å². The van der Waals surface area contributed by atoms with Gasteiger partial charge in [0.25, 0.3) is 0 Å². The van der Waals surface area contributed by atoms with E-state index in [1.807, 2.05) is 19.1 Å². The van der Waals surface area contributed by atoms with E-state index in [1.54, 1.807) is 6.26 Å². The Labute approximate surface area is 138 Å². The number of hydrogen-bond acceptors (Lipinski definition) is 4. The molecule has 0 spiro atoms. The zero-order chi connectivity index (χ0) is 16.5. The lowest BCUT2D eigenvalue weighted by atomic mass is 10.2. The maximum Gasteiger partial charge on any atom is 0.191 e. The maximum absolute atomic E-state index is 5.62. The Hall–Kier alpha value is -1.53. The highest BCUT2D eigenvalue weighted by Gasteiger charge is 2.30. The largest absolute Gasteiger partial charge is 0.469 e. The highest BCUT2D eigenvalue weighted by Crippen LogP contribution is 2.21. The normalized spacial score (nSPS) is 17.7. The molecule has 0 aromatic carbocycles. The Bertz CT molecular complexity index is 465. The van der Waals surface area contributed by atoms with Crippen molar-refractivity contribution in [2.45, 2.75) is 39.4 Å². The molecule has 130 valence electrons. The molecule has 2 rings (SSSR count). The highest BCUT2D eigenvalue weighted by molar-refractivity contribution is 5.79. The summed E-state index contributed by atoms with van der Waals surface area (Å²) in [6.07, 6.45) is 3.32. The molecular formula is C17H29N3O3. The number of rotatable bonds is 8. The predicted molar refractivity (Wildman–Crippen MR) is 90.5 cm³/mol. The monoisotopic (exact) mass is 323 g/mol. The molecule has 0 bridgehead atoms. The zero-order valence-electron chi connectivity index (χ0n) is 14.4. The topological polar surface area (TPSA) is 68.0 Å². The molecule has 6 nitrogen and oxygen atoms in total. The standard InChI is InChI=1S/C17H29N3O3/c1-14(2)13-20-16(18-8-6-15-5-4-10-21-15)19-9-7-17(3)22-11-12-23-17/h4-5,10,14H,6-9,11-13H2,1-3H3,(H2,18,19,20). The second-order valence-electron chi connectivity index (χ2n) is 6.35. The van der Waals surface area contributed by atoms with Crippen LogP contribution in [0.5, 0.6) is 0 Å². The Morgan fingerprint density at radius 1 is 1.26 bits per heavy atom. The van der Waals surface area contributed by atoms with Gasteiger partial charge in [0.15, 0.2) is 11.7 Å². The van der Waals surface area contributed by atoms with Crippen LogP contribution in [0, 0.1) is 5.92 Å². The van der Waals surface area contributed by atoms with Crippen molar-refractivity contribution in [1.82, 2.24) is 10.6 Å². The fraction of sp³-hybridized carbons (Fsp3) is 0.706. The van der Waals surface area contributed by atoms with E-state index in [2.05, 4.69) is 29.5 Å². The molecular weight excluding hydrogens is 294 g/mol. The van der Waals surface area contributed by atoms with Gasteiger partial charge in [0.05, 0.1) is 19.5 Å². The van der Waals surface area contributed by atoms with E-state index in [1.165, 1.54) is 0 Å². The molecule has 1 fully saturated rings. The fourth-order valence-corrected chi connectivity index (χ4v) is 2.32. The molecule has 0 saturated carbocycles. The van der Waals surface area contributed by atoms with Crippen molar-refractivity contribution >= 4 is 5.96 Å². The number of guanidine groups is 1. The fourth-order valence-electron chi connectivity index (χ4n) is 2.32. The molecule has 0 unspecified atom stereocenters. The Morgan fingerprint density at radius 3 is 2.65 bits per heavy atom. The average Bonchev–Trinajstić information content (AvgIpc) is 3.16. The van der Waals surface area contributed by atoms with Gasteiger partial charge in [-0.05, 0) is 25.0 Å². The second kappa shape index (κ2) is 8.93. The molecule has 1 saturated heterocycles. The van der Waals surface area contributed by atoms with Crippen molar-refractivity contribution in [3.8, 4) is 0 Å². The molecule has 2 N–H and O–H groups in total. The van der Waals surface area contributed by atoms with Crippen molar-refractivity contribution < 1.29 is 13.9 Å². The highest BCUT2D eigenvalue weighted by atomic mass is 16.7. The maximum atomic E-state index is 5.62. The van der Waals surface area contributed by atoms with Gasteiger partial charge in [-0.3, -0.25) is 4.99 Å². The molecule has 0 aliphatic carbocycles. The first-order valence-corrected chi connectivity index (χ1v) is 8.40. The summed E-state index contributed by atoms with van der Waals surface area (Å²) in [5.41, 5.74) is 0. The van der Waals surface area contributed by atoms with Crippen LogP contribution in [0.3, 0.4) is 0 Å². The smallest absolute Gasteiger partial charge is 0.191 e. The molecule has 0 atom stereocenters. The second-order valence-corrected chi connectivity index (χ2v) is 6.35. The van der Waals surface area contributed by atoms with E-state index < -0.39 is 5.79 Å². The molecule has 1 aliphatic heterocycles. The molecule has 0 amide bonds. The number of furan rings is 1. The number of nitrogens with one attached hydrogen (secondary N) is 2. The van der Waals surface area contributed by atoms with Crippen LogP contribution in [0.4, 0.5) is 0 Å². The van der Waals surface area contributed by atoms with E-state index in [0.29, 0.717) is 19.1 Å². The van der Waals surface area contributed by atoms with Gasteiger partial charge >= 0.3 is 0 Å². The molecule has 6 heteroatoms. The van der Waals surface area contributed by atoms with Crippen molar-refractivity contribution in [2.24, 2.45) is 10.9 Å². The summed E-state index contributed by atoms with van der Waals surface area (Å²) in [4.78, 5) is 4.61. The molecule has 0 radical (unpaired) electrons. The number of aliphatic imine (C=N–C) groups is 1. The molecule has 1 aromatic heterocycles. The van der Waals surface area contributed by atoms with Gasteiger partial charge in [-0.25, -0.2) is 0 Å². The predicted octanol–water partition coefficient (Wildman–Crippen LogP) is 2.17. The number of hydrogen-bond donors (Lipinski definition) is 2. The summed E-state index contributed by atoms with van der Waals surface area (Å²) >= 11 is 0. The molecule has 1 aromatic rings. The lowest BCUT2D eigenvalue weighted by Gasteiger charge is -2.23. The van der Waals surface area contributed by atoms with Gasteiger partial charge in [0, 0.05) is 32.5 Å². The minimum Gasteiger partial charge on any atom is -0.469 e. The van der Waals surface area contributed by atoms with Gasteiger partial charge in [0.2, 0.25) is 0 Å². The summed E-state index contributed by atoms with van der Waals surface area (Å²) in [6, 6.07) is 3.89. The third kappa shape index (κ3) is 6.62. The summed E-state index contributed by atoms with van der Waals surface area (Å²) in [7, 11) is 0. The van der Waals surface area contributed by atoms with Gasteiger partial charge in [-0.1, -0.05) is 13.8 Å². The first kappa shape index (κ1) is 17.8. The Kier molecular flexibility index (Phi) is 6.92. The van der Waals surface area contributed by atoms with Crippen LogP contribution in [0.2, 0.25) is 0 Å². The van der Waals surface area contributed by atoms with E-state index in [0.717, 1.165) is 44.2 Å². The van der Waals surface area contributed by atoms with Gasteiger partial charge in [-0.15, -0.1) is 0 Å². The third-order valence-electron chi connectivity index (χ3n) is 3.63.